The van der Waals surface area contributed by atoms with Crippen molar-refractivity contribution in [3.63, 3.8) is 0 Å². The minimum absolute atomic E-state index is 0.163. The van der Waals surface area contributed by atoms with Crippen molar-refractivity contribution in [3.05, 3.63) is 65.9 Å². The fourth-order valence-electron chi connectivity index (χ4n) is 3.03. The number of aromatic nitrogens is 3. The van der Waals surface area contributed by atoms with Crippen molar-refractivity contribution >= 4 is 45.6 Å². The van der Waals surface area contributed by atoms with E-state index in [2.05, 4.69) is 20.6 Å². The normalized spacial score (nSPS) is 10.6. The maximum absolute atomic E-state index is 11.4. The molecule has 4 rings (SSSR count). The summed E-state index contributed by atoms with van der Waals surface area (Å²) in [7, 11) is 1.58. The lowest BCUT2D eigenvalue weighted by atomic mass is 10.2. The Kier molecular flexibility index (Phi) is 5.45. The fourth-order valence-corrected chi connectivity index (χ4v) is 3.21. The summed E-state index contributed by atoms with van der Waals surface area (Å²) in [5, 5.41) is 7.40. The summed E-state index contributed by atoms with van der Waals surface area (Å²) < 4.78 is 5.47. The second-order valence-corrected chi connectivity index (χ2v) is 6.96. The Morgan fingerprint density at radius 2 is 1.97 bits per heavy atom. The Bertz CT molecular complexity index is 1230. The first-order chi connectivity index (χ1) is 14.5. The van der Waals surface area contributed by atoms with Crippen LogP contribution in [0.3, 0.4) is 0 Å². The first kappa shape index (κ1) is 19.6. The topological polar surface area (TPSA) is 89.0 Å². The molecule has 1 amide bonds. The van der Waals surface area contributed by atoms with E-state index in [0.29, 0.717) is 33.8 Å². The number of methoxy groups -OCH3 is 1. The van der Waals surface area contributed by atoms with Crippen LogP contribution in [0, 0.1) is 0 Å². The van der Waals surface area contributed by atoms with Gasteiger partial charge in [0, 0.05) is 41.0 Å². The molecule has 0 radical (unpaired) electrons. The molecular weight excluding hydrogens is 402 g/mol. The number of rotatable bonds is 5. The standard InChI is InChI=1S/C22H18ClN5O2/c1-13(29)25-16-6-8-20(30-2)19(11-16)27-22-17-10-15(23)5-7-18(17)26-21(28-22)14-4-3-9-24-12-14/h3-12H,1-2H3,(H,25,29)(H,26,27,28). The van der Waals surface area contributed by atoms with E-state index in [1.807, 2.05) is 18.2 Å². The summed E-state index contributed by atoms with van der Waals surface area (Å²) in [5.74, 6) is 1.52. The van der Waals surface area contributed by atoms with Crippen molar-refractivity contribution in [2.45, 2.75) is 6.92 Å². The summed E-state index contributed by atoms with van der Waals surface area (Å²) in [6.07, 6.45) is 3.40. The number of fused-ring (bicyclic) bond motifs is 1. The van der Waals surface area contributed by atoms with Crippen LogP contribution in [0.5, 0.6) is 5.75 Å². The van der Waals surface area contributed by atoms with E-state index < -0.39 is 0 Å². The van der Waals surface area contributed by atoms with E-state index in [1.165, 1.54) is 6.92 Å². The molecule has 0 atom stereocenters. The summed E-state index contributed by atoms with van der Waals surface area (Å²) in [4.78, 5) is 25.0. The predicted molar refractivity (Wildman–Crippen MR) is 118 cm³/mol. The Balaban J connectivity index is 1.85. The van der Waals surface area contributed by atoms with Crippen LogP contribution in [0.2, 0.25) is 5.02 Å². The summed E-state index contributed by atoms with van der Waals surface area (Å²) >= 11 is 6.23. The third-order valence-electron chi connectivity index (χ3n) is 4.35. The van der Waals surface area contributed by atoms with Crippen LogP contribution in [0.25, 0.3) is 22.3 Å². The fraction of sp³-hybridized carbons (Fsp3) is 0.0909. The number of carbonyl (C=O) groups excluding carboxylic acids is 1. The summed E-state index contributed by atoms with van der Waals surface area (Å²) in [6, 6.07) is 14.5. The molecule has 0 aliphatic heterocycles. The number of halogens is 1. The highest BCUT2D eigenvalue weighted by Gasteiger charge is 2.13. The smallest absolute Gasteiger partial charge is 0.221 e. The zero-order valence-electron chi connectivity index (χ0n) is 16.3. The Morgan fingerprint density at radius 3 is 2.70 bits per heavy atom. The molecule has 0 aliphatic carbocycles. The number of hydrogen-bond acceptors (Lipinski definition) is 6. The SMILES string of the molecule is COc1ccc(NC(C)=O)cc1Nc1nc(-c2cccnc2)nc2ccc(Cl)cc12. The van der Waals surface area contributed by atoms with Crippen molar-refractivity contribution in [2.24, 2.45) is 0 Å². The zero-order chi connectivity index (χ0) is 21.1. The second-order valence-electron chi connectivity index (χ2n) is 6.52. The third-order valence-corrected chi connectivity index (χ3v) is 4.59. The van der Waals surface area contributed by atoms with Gasteiger partial charge >= 0.3 is 0 Å². The molecule has 0 spiro atoms. The van der Waals surface area contributed by atoms with Gasteiger partial charge in [-0.2, -0.15) is 0 Å². The zero-order valence-corrected chi connectivity index (χ0v) is 17.1. The molecule has 0 aliphatic rings. The van der Waals surface area contributed by atoms with Crippen LogP contribution in [0.15, 0.2) is 60.9 Å². The minimum Gasteiger partial charge on any atom is -0.495 e. The van der Waals surface area contributed by atoms with Crippen molar-refractivity contribution in [3.8, 4) is 17.1 Å². The lowest BCUT2D eigenvalue weighted by Crippen LogP contribution is -2.07. The number of ether oxygens (including phenoxy) is 1. The molecule has 2 heterocycles. The van der Waals surface area contributed by atoms with Gasteiger partial charge < -0.3 is 15.4 Å². The van der Waals surface area contributed by atoms with Crippen molar-refractivity contribution < 1.29 is 9.53 Å². The number of pyridine rings is 1. The number of hydrogen-bond donors (Lipinski definition) is 2. The highest BCUT2D eigenvalue weighted by molar-refractivity contribution is 6.31. The van der Waals surface area contributed by atoms with Crippen molar-refractivity contribution in [1.82, 2.24) is 15.0 Å². The molecule has 2 aromatic heterocycles. The van der Waals surface area contributed by atoms with Gasteiger partial charge in [-0.05, 0) is 48.5 Å². The number of amides is 1. The maximum atomic E-state index is 11.4. The van der Waals surface area contributed by atoms with E-state index in [1.54, 1.807) is 49.8 Å². The van der Waals surface area contributed by atoms with Gasteiger partial charge in [-0.1, -0.05) is 11.6 Å². The molecule has 7 nitrogen and oxygen atoms in total. The maximum Gasteiger partial charge on any atom is 0.221 e. The first-order valence-corrected chi connectivity index (χ1v) is 9.51. The average molecular weight is 420 g/mol. The molecule has 2 aromatic carbocycles. The molecule has 0 saturated heterocycles. The summed E-state index contributed by atoms with van der Waals surface area (Å²) in [5.41, 5.74) is 2.79. The van der Waals surface area contributed by atoms with Crippen LogP contribution in [0.1, 0.15) is 6.92 Å². The molecule has 150 valence electrons. The van der Waals surface area contributed by atoms with Gasteiger partial charge in [0.1, 0.15) is 11.6 Å². The van der Waals surface area contributed by atoms with Gasteiger partial charge in [0.15, 0.2) is 5.82 Å². The van der Waals surface area contributed by atoms with Crippen LogP contribution in [-0.2, 0) is 4.79 Å². The Hall–Kier alpha value is -3.71. The number of nitrogens with zero attached hydrogens (tertiary/aromatic N) is 3. The molecule has 0 fully saturated rings. The highest BCUT2D eigenvalue weighted by Crippen LogP contribution is 2.34. The lowest BCUT2D eigenvalue weighted by molar-refractivity contribution is -0.114. The third kappa shape index (κ3) is 4.16. The molecule has 0 bridgehead atoms. The Labute approximate surface area is 178 Å². The van der Waals surface area contributed by atoms with Gasteiger partial charge in [-0.15, -0.1) is 0 Å². The number of benzene rings is 2. The molecule has 30 heavy (non-hydrogen) atoms. The molecule has 4 aromatic rings. The molecule has 2 N–H and O–H groups in total. The predicted octanol–water partition coefficient (Wildman–Crippen LogP) is 5.06. The minimum atomic E-state index is -0.163. The van der Waals surface area contributed by atoms with Gasteiger partial charge in [0.05, 0.1) is 18.3 Å². The number of carbonyl (C=O) groups is 1. The average Bonchev–Trinajstić information content (AvgIpc) is 2.74. The molecule has 8 heteroatoms. The van der Waals surface area contributed by atoms with Crippen LogP contribution in [-0.4, -0.2) is 28.0 Å². The van der Waals surface area contributed by atoms with Crippen molar-refractivity contribution in [1.29, 1.82) is 0 Å². The quantitative estimate of drug-likeness (QED) is 0.470. The monoisotopic (exact) mass is 419 g/mol. The van der Waals surface area contributed by atoms with Gasteiger partial charge in [-0.3, -0.25) is 9.78 Å². The Morgan fingerprint density at radius 1 is 1.10 bits per heavy atom. The van der Waals surface area contributed by atoms with Crippen molar-refractivity contribution in [2.75, 3.05) is 17.7 Å². The van der Waals surface area contributed by atoms with Crippen LogP contribution in [0.4, 0.5) is 17.2 Å². The van der Waals surface area contributed by atoms with E-state index >= 15 is 0 Å². The second kappa shape index (κ2) is 8.34. The molecule has 0 saturated carbocycles. The van der Waals surface area contributed by atoms with Gasteiger partial charge in [-0.25, -0.2) is 9.97 Å². The summed E-state index contributed by atoms with van der Waals surface area (Å²) in [6.45, 7) is 1.46. The molecular formula is C22H18ClN5O2. The van der Waals surface area contributed by atoms with E-state index in [0.717, 1.165) is 16.5 Å². The van der Waals surface area contributed by atoms with Crippen LogP contribution < -0.4 is 15.4 Å². The van der Waals surface area contributed by atoms with E-state index in [9.17, 15) is 4.79 Å². The highest BCUT2D eigenvalue weighted by atomic mass is 35.5. The number of anilines is 3. The lowest BCUT2D eigenvalue weighted by Gasteiger charge is -2.15. The first-order valence-electron chi connectivity index (χ1n) is 9.14. The van der Waals surface area contributed by atoms with Gasteiger partial charge in [0.2, 0.25) is 5.91 Å². The van der Waals surface area contributed by atoms with Gasteiger partial charge in [0.25, 0.3) is 0 Å². The number of nitrogens with one attached hydrogen (secondary N) is 2. The van der Waals surface area contributed by atoms with Crippen LogP contribution >= 0.6 is 11.6 Å². The van der Waals surface area contributed by atoms with E-state index in [4.69, 9.17) is 21.3 Å². The van der Waals surface area contributed by atoms with E-state index in [-0.39, 0.29) is 5.91 Å². The largest absolute Gasteiger partial charge is 0.495 e. The molecule has 0 unspecified atom stereocenters.